The molecule has 0 fully saturated rings. The minimum absolute atomic E-state index is 0.333. The van der Waals surface area contributed by atoms with E-state index in [1.807, 2.05) is 24.3 Å². The van der Waals surface area contributed by atoms with Crippen molar-refractivity contribution in [3.8, 4) is 11.5 Å². The number of aliphatic hydroxyl groups excluding tert-OH is 1. The molecule has 0 aliphatic heterocycles. The van der Waals surface area contributed by atoms with Crippen LogP contribution in [0.25, 0.3) is 0 Å². The highest BCUT2D eigenvalue weighted by Crippen LogP contribution is 2.17. The van der Waals surface area contributed by atoms with Gasteiger partial charge in [0.15, 0.2) is 0 Å². The van der Waals surface area contributed by atoms with Crippen LogP contribution in [0.3, 0.4) is 0 Å². The quantitative estimate of drug-likeness (QED) is 0.795. The second-order valence-electron chi connectivity index (χ2n) is 3.30. The zero-order valence-electron chi connectivity index (χ0n) is 9.68. The number of hydrogen-bond acceptors (Lipinski definition) is 4. The predicted molar refractivity (Wildman–Crippen MR) is 67.5 cm³/mol. The van der Waals surface area contributed by atoms with Gasteiger partial charge in [-0.2, -0.15) is 11.8 Å². The SMILES string of the molecule is CCSC[C@H](O)COc1ccc(OC)cc1. The van der Waals surface area contributed by atoms with Gasteiger partial charge >= 0.3 is 0 Å². The van der Waals surface area contributed by atoms with Gasteiger partial charge in [-0.25, -0.2) is 0 Å². The molecule has 0 aliphatic carbocycles. The highest BCUT2D eigenvalue weighted by Gasteiger charge is 2.04. The molecule has 0 aliphatic rings. The predicted octanol–water partition coefficient (Wildman–Crippen LogP) is 2.19. The maximum Gasteiger partial charge on any atom is 0.119 e. The van der Waals surface area contributed by atoms with Crippen molar-refractivity contribution in [2.45, 2.75) is 13.0 Å². The minimum Gasteiger partial charge on any atom is -0.497 e. The summed E-state index contributed by atoms with van der Waals surface area (Å²) in [7, 11) is 1.63. The second kappa shape index (κ2) is 7.41. The lowest BCUT2D eigenvalue weighted by Gasteiger charge is -2.11. The van der Waals surface area contributed by atoms with E-state index in [-0.39, 0.29) is 0 Å². The van der Waals surface area contributed by atoms with Gasteiger partial charge < -0.3 is 14.6 Å². The molecule has 0 heterocycles. The van der Waals surface area contributed by atoms with E-state index in [1.54, 1.807) is 18.9 Å². The molecule has 0 unspecified atom stereocenters. The topological polar surface area (TPSA) is 38.7 Å². The maximum atomic E-state index is 9.57. The summed E-state index contributed by atoms with van der Waals surface area (Å²) >= 11 is 1.71. The van der Waals surface area contributed by atoms with Gasteiger partial charge in [0.2, 0.25) is 0 Å². The Kier molecular flexibility index (Phi) is 6.11. The van der Waals surface area contributed by atoms with Crippen molar-refractivity contribution < 1.29 is 14.6 Å². The molecule has 0 radical (unpaired) electrons. The van der Waals surface area contributed by atoms with Gasteiger partial charge in [0, 0.05) is 5.75 Å². The summed E-state index contributed by atoms with van der Waals surface area (Å²) < 4.78 is 10.5. The lowest BCUT2D eigenvalue weighted by Crippen LogP contribution is -2.20. The zero-order valence-corrected chi connectivity index (χ0v) is 10.5. The Balaban J connectivity index is 2.30. The Hall–Kier alpha value is -0.870. The van der Waals surface area contributed by atoms with Gasteiger partial charge in [0.25, 0.3) is 0 Å². The number of methoxy groups -OCH3 is 1. The van der Waals surface area contributed by atoms with Crippen LogP contribution in [0.4, 0.5) is 0 Å². The molecule has 0 saturated heterocycles. The van der Waals surface area contributed by atoms with Crippen molar-refractivity contribution in [3.63, 3.8) is 0 Å². The Bertz CT molecular complexity index is 287. The first-order valence-corrected chi connectivity index (χ1v) is 6.44. The zero-order chi connectivity index (χ0) is 11.8. The molecule has 16 heavy (non-hydrogen) atoms. The smallest absolute Gasteiger partial charge is 0.119 e. The van der Waals surface area contributed by atoms with Gasteiger partial charge in [-0.15, -0.1) is 0 Å². The summed E-state index contributed by atoms with van der Waals surface area (Å²) in [4.78, 5) is 0. The molecule has 0 amide bonds. The van der Waals surface area contributed by atoms with Crippen molar-refractivity contribution in [1.82, 2.24) is 0 Å². The fraction of sp³-hybridized carbons (Fsp3) is 0.500. The molecule has 0 spiro atoms. The van der Waals surface area contributed by atoms with Gasteiger partial charge in [-0.05, 0) is 30.0 Å². The minimum atomic E-state index is -0.410. The summed E-state index contributed by atoms with van der Waals surface area (Å²) in [6.45, 7) is 2.40. The van der Waals surface area contributed by atoms with Crippen molar-refractivity contribution in [2.24, 2.45) is 0 Å². The average Bonchev–Trinajstić information content (AvgIpc) is 2.34. The second-order valence-corrected chi connectivity index (χ2v) is 4.62. The van der Waals surface area contributed by atoms with Crippen LogP contribution in [0, 0.1) is 0 Å². The summed E-state index contributed by atoms with van der Waals surface area (Å²) in [5.74, 6) is 3.28. The maximum absolute atomic E-state index is 9.57. The van der Waals surface area contributed by atoms with Crippen LogP contribution < -0.4 is 9.47 Å². The lowest BCUT2D eigenvalue weighted by molar-refractivity contribution is 0.126. The average molecular weight is 242 g/mol. The van der Waals surface area contributed by atoms with E-state index in [9.17, 15) is 5.11 Å². The van der Waals surface area contributed by atoms with Crippen molar-refractivity contribution in [2.75, 3.05) is 25.2 Å². The van der Waals surface area contributed by atoms with Crippen LogP contribution in [0.1, 0.15) is 6.92 Å². The van der Waals surface area contributed by atoms with E-state index in [1.165, 1.54) is 0 Å². The number of rotatable bonds is 7. The highest BCUT2D eigenvalue weighted by atomic mass is 32.2. The highest BCUT2D eigenvalue weighted by molar-refractivity contribution is 7.99. The fourth-order valence-electron chi connectivity index (χ4n) is 1.17. The van der Waals surface area contributed by atoms with E-state index in [2.05, 4.69) is 6.92 Å². The van der Waals surface area contributed by atoms with Crippen LogP contribution >= 0.6 is 11.8 Å². The largest absolute Gasteiger partial charge is 0.497 e. The van der Waals surface area contributed by atoms with Crippen LogP contribution in [0.5, 0.6) is 11.5 Å². The standard InChI is InChI=1S/C12H18O3S/c1-3-16-9-10(13)8-15-12-6-4-11(14-2)5-7-12/h4-7,10,13H,3,8-9H2,1-2H3/t10-/m1/s1. The van der Waals surface area contributed by atoms with Gasteiger partial charge in [0.1, 0.15) is 18.1 Å². The normalized spacial score (nSPS) is 12.2. The number of benzene rings is 1. The molecular formula is C12H18O3S. The molecule has 0 bridgehead atoms. The van der Waals surface area contributed by atoms with E-state index in [0.717, 1.165) is 17.3 Å². The third-order valence-corrected chi connectivity index (χ3v) is 3.04. The monoisotopic (exact) mass is 242 g/mol. The third-order valence-electron chi connectivity index (χ3n) is 2.02. The summed E-state index contributed by atoms with van der Waals surface area (Å²) in [5.41, 5.74) is 0. The van der Waals surface area contributed by atoms with E-state index in [0.29, 0.717) is 12.4 Å². The molecule has 1 rings (SSSR count). The molecule has 0 saturated carbocycles. The van der Waals surface area contributed by atoms with Crippen LogP contribution in [0.2, 0.25) is 0 Å². The molecule has 1 atom stereocenters. The molecule has 4 heteroatoms. The number of aliphatic hydroxyl groups is 1. The molecule has 1 aromatic carbocycles. The molecule has 3 nitrogen and oxygen atoms in total. The summed E-state index contributed by atoms with van der Waals surface area (Å²) in [5, 5.41) is 9.57. The van der Waals surface area contributed by atoms with Crippen molar-refractivity contribution in [3.05, 3.63) is 24.3 Å². The molecule has 0 aromatic heterocycles. The lowest BCUT2D eigenvalue weighted by atomic mass is 10.3. The van der Waals surface area contributed by atoms with Gasteiger partial charge in [-0.1, -0.05) is 6.92 Å². The molecular weight excluding hydrogens is 224 g/mol. The van der Waals surface area contributed by atoms with Crippen LogP contribution in [-0.2, 0) is 0 Å². The molecule has 1 aromatic rings. The Morgan fingerprint density at radius 1 is 1.25 bits per heavy atom. The van der Waals surface area contributed by atoms with Crippen LogP contribution in [0.15, 0.2) is 24.3 Å². The number of hydrogen-bond donors (Lipinski definition) is 1. The fourth-order valence-corrected chi connectivity index (χ4v) is 1.77. The van der Waals surface area contributed by atoms with Crippen molar-refractivity contribution in [1.29, 1.82) is 0 Å². The van der Waals surface area contributed by atoms with E-state index >= 15 is 0 Å². The Morgan fingerprint density at radius 2 is 1.88 bits per heavy atom. The summed E-state index contributed by atoms with van der Waals surface area (Å²) in [6.07, 6.45) is -0.410. The first-order chi connectivity index (χ1) is 7.76. The number of ether oxygens (including phenoxy) is 2. The van der Waals surface area contributed by atoms with E-state index < -0.39 is 6.10 Å². The number of thioether (sulfide) groups is 1. The first kappa shape index (κ1) is 13.2. The molecule has 90 valence electrons. The Labute approximate surface area is 101 Å². The third kappa shape index (κ3) is 4.77. The van der Waals surface area contributed by atoms with Crippen LogP contribution in [-0.4, -0.2) is 36.4 Å². The molecule has 1 N–H and O–H groups in total. The van der Waals surface area contributed by atoms with Crippen molar-refractivity contribution >= 4 is 11.8 Å². The first-order valence-electron chi connectivity index (χ1n) is 5.29. The van der Waals surface area contributed by atoms with Gasteiger partial charge in [-0.3, -0.25) is 0 Å². The summed E-state index contributed by atoms with van der Waals surface area (Å²) in [6, 6.07) is 7.34. The van der Waals surface area contributed by atoms with E-state index in [4.69, 9.17) is 9.47 Å². The Morgan fingerprint density at radius 3 is 2.44 bits per heavy atom. The van der Waals surface area contributed by atoms with Gasteiger partial charge in [0.05, 0.1) is 13.2 Å².